The fourth-order valence-electron chi connectivity index (χ4n) is 1.77. The van der Waals surface area contributed by atoms with Crippen molar-refractivity contribution in [1.82, 2.24) is 0 Å². The van der Waals surface area contributed by atoms with Crippen LogP contribution in [0.5, 0.6) is 0 Å². The molecule has 2 aliphatic carbocycles. The van der Waals surface area contributed by atoms with Gasteiger partial charge in [-0.15, -0.1) is 0 Å². The first-order valence-electron chi connectivity index (χ1n) is 6.10. The average molecular weight is 327 g/mol. The molecule has 3 heteroatoms. The number of benzene rings is 1. The smallest absolute Gasteiger partial charge is 0.388 e. The minimum absolute atomic E-state index is 0. The summed E-state index contributed by atoms with van der Waals surface area (Å²) in [7, 11) is 0. The van der Waals surface area contributed by atoms with Crippen LogP contribution in [0.25, 0.3) is 0 Å². The van der Waals surface area contributed by atoms with Gasteiger partial charge in [-0.1, -0.05) is 29.8 Å². The first kappa shape index (κ1) is 18.0. The molecule has 2 saturated carbocycles. The number of halogens is 1. The predicted octanol–water partition coefficient (Wildman–Crippen LogP) is 3.80. The van der Waals surface area contributed by atoms with Gasteiger partial charge in [-0.05, 0) is 69.4 Å². The van der Waals surface area contributed by atoms with Gasteiger partial charge in [0.2, 0.25) is 0 Å². The Balaban J connectivity index is 0.000000283. The van der Waals surface area contributed by atoms with Crippen molar-refractivity contribution in [1.29, 1.82) is 0 Å². The van der Waals surface area contributed by atoms with Crippen molar-refractivity contribution in [2.24, 2.45) is 0 Å². The number of rotatable bonds is 2. The van der Waals surface area contributed by atoms with Crippen molar-refractivity contribution < 1.29 is 22.2 Å². The largest absolute Gasteiger partial charge is 2.00 e. The normalized spacial score (nSPS) is 19.9. The van der Waals surface area contributed by atoms with Crippen molar-refractivity contribution >= 4 is 11.6 Å². The molecule has 1 atom stereocenters. The molecule has 1 N–H and O–H groups in total. The Hall–Kier alpha value is -0.0105. The van der Waals surface area contributed by atoms with Crippen molar-refractivity contribution in [3.63, 3.8) is 0 Å². The molecular formula is C17H15ClFeO+2. The van der Waals surface area contributed by atoms with Gasteiger partial charge in [0, 0.05) is 10.9 Å². The maximum Gasteiger partial charge on any atom is 2.00 e. The van der Waals surface area contributed by atoms with Gasteiger partial charge in [-0.2, -0.15) is 0 Å². The van der Waals surface area contributed by atoms with Crippen molar-refractivity contribution in [3.8, 4) is 0 Å². The SMILES string of the molecule is OC([C]1[CH][CH][CH][CH]1)c1ccccc1Cl.[CH]1[CH][CH][CH][CH]1.[Fe+2]. The maximum absolute atomic E-state index is 9.98. The summed E-state index contributed by atoms with van der Waals surface area (Å²) in [6.45, 7) is 0. The van der Waals surface area contributed by atoms with E-state index in [1.165, 1.54) is 0 Å². The first-order chi connectivity index (χ1) is 9.29. The van der Waals surface area contributed by atoms with Crippen molar-refractivity contribution in [2.45, 2.75) is 6.10 Å². The Bertz CT molecular complexity index is 365. The number of aliphatic hydroxyl groups excluding tert-OH is 1. The summed E-state index contributed by atoms with van der Waals surface area (Å²) in [6, 6.07) is 7.33. The summed E-state index contributed by atoms with van der Waals surface area (Å²) in [5.74, 6) is 0.873. The minimum Gasteiger partial charge on any atom is -0.388 e. The zero-order valence-electron chi connectivity index (χ0n) is 10.8. The Labute approximate surface area is 138 Å². The Morgan fingerprint density at radius 3 is 1.80 bits per heavy atom. The van der Waals surface area contributed by atoms with Crippen LogP contribution in [-0.4, -0.2) is 5.11 Å². The Morgan fingerprint density at radius 1 is 0.800 bits per heavy atom. The summed E-state index contributed by atoms with van der Waals surface area (Å²) < 4.78 is 0. The molecule has 1 nitrogen and oxygen atoms in total. The van der Waals surface area contributed by atoms with Gasteiger partial charge in [-0.3, -0.25) is 0 Å². The molecule has 1 unspecified atom stereocenters. The van der Waals surface area contributed by atoms with Crippen LogP contribution in [0.2, 0.25) is 5.02 Å². The van der Waals surface area contributed by atoms with Gasteiger partial charge in [0.25, 0.3) is 0 Å². The molecule has 1 aromatic rings. The molecular weight excluding hydrogens is 311 g/mol. The van der Waals surface area contributed by atoms with Gasteiger partial charge in [0.15, 0.2) is 0 Å². The van der Waals surface area contributed by atoms with Crippen molar-refractivity contribution in [2.75, 3.05) is 0 Å². The van der Waals surface area contributed by atoms with E-state index in [1.807, 2.05) is 76.0 Å². The molecule has 3 rings (SSSR count). The van der Waals surface area contributed by atoms with E-state index in [0.717, 1.165) is 11.5 Å². The summed E-state index contributed by atoms with van der Waals surface area (Å²) in [5.41, 5.74) is 0.750. The zero-order chi connectivity index (χ0) is 13.5. The third-order valence-electron chi connectivity index (χ3n) is 2.76. The average Bonchev–Trinajstić information content (AvgIpc) is 3.14. The molecule has 10 radical (unpaired) electrons. The number of aliphatic hydroxyl groups is 1. The molecule has 0 aromatic heterocycles. The summed E-state index contributed by atoms with van der Waals surface area (Å²) in [4.78, 5) is 0. The Kier molecular flexibility index (Phi) is 8.88. The third kappa shape index (κ3) is 5.41. The van der Waals surface area contributed by atoms with E-state index in [0.29, 0.717) is 5.02 Å². The third-order valence-corrected chi connectivity index (χ3v) is 3.10. The molecule has 2 fully saturated rings. The molecule has 0 spiro atoms. The molecule has 0 saturated heterocycles. The maximum atomic E-state index is 9.98. The molecule has 102 valence electrons. The molecule has 2 aliphatic rings. The van der Waals surface area contributed by atoms with E-state index in [4.69, 9.17) is 11.6 Å². The zero-order valence-corrected chi connectivity index (χ0v) is 12.6. The molecule has 0 bridgehead atoms. The van der Waals surface area contributed by atoms with E-state index in [9.17, 15) is 5.11 Å². The molecule has 0 aliphatic heterocycles. The molecule has 0 heterocycles. The molecule has 1 aromatic carbocycles. The monoisotopic (exact) mass is 326 g/mol. The summed E-state index contributed by atoms with van der Waals surface area (Å²) in [5, 5.41) is 10.6. The predicted molar refractivity (Wildman–Crippen MR) is 78.4 cm³/mol. The second-order valence-electron chi connectivity index (χ2n) is 4.10. The minimum atomic E-state index is -0.626. The van der Waals surface area contributed by atoms with Crippen LogP contribution in [-0.2, 0) is 17.1 Å². The van der Waals surface area contributed by atoms with Crippen LogP contribution >= 0.6 is 11.6 Å². The van der Waals surface area contributed by atoms with E-state index < -0.39 is 6.10 Å². The van der Waals surface area contributed by atoms with Crippen LogP contribution in [0, 0.1) is 63.7 Å². The number of hydrogen-bond donors (Lipinski definition) is 1. The fourth-order valence-corrected chi connectivity index (χ4v) is 2.01. The molecule has 0 amide bonds. The van der Waals surface area contributed by atoms with Gasteiger partial charge in [0.1, 0.15) is 0 Å². The van der Waals surface area contributed by atoms with Crippen LogP contribution in [0.3, 0.4) is 0 Å². The second-order valence-corrected chi connectivity index (χ2v) is 4.51. The van der Waals surface area contributed by atoms with Gasteiger partial charge in [-0.25, -0.2) is 0 Å². The van der Waals surface area contributed by atoms with E-state index >= 15 is 0 Å². The quantitative estimate of drug-likeness (QED) is 0.820. The fraction of sp³-hybridized carbons (Fsp3) is 0.0588. The topological polar surface area (TPSA) is 20.2 Å². The van der Waals surface area contributed by atoms with Crippen LogP contribution in [0.4, 0.5) is 0 Å². The molecule has 20 heavy (non-hydrogen) atoms. The van der Waals surface area contributed by atoms with E-state index in [1.54, 1.807) is 6.07 Å². The van der Waals surface area contributed by atoms with Gasteiger partial charge < -0.3 is 5.11 Å². The standard InChI is InChI=1S/C12H10ClO.C5H5.Fe/c13-11-8-4-3-7-10(11)12(14)9-5-1-2-6-9;1-2-4-5-3-1;/h1-8,12,14H;1-5H;/q;;+2. The van der Waals surface area contributed by atoms with Crippen LogP contribution < -0.4 is 0 Å². The second kappa shape index (κ2) is 9.84. The Morgan fingerprint density at radius 2 is 1.30 bits per heavy atom. The van der Waals surface area contributed by atoms with Crippen molar-refractivity contribution in [3.05, 3.63) is 98.6 Å². The van der Waals surface area contributed by atoms with E-state index in [2.05, 4.69) is 0 Å². The van der Waals surface area contributed by atoms with E-state index in [-0.39, 0.29) is 17.1 Å². The summed E-state index contributed by atoms with van der Waals surface area (Å²) >= 11 is 5.98. The van der Waals surface area contributed by atoms with Gasteiger partial charge >= 0.3 is 17.1 Å². The summed E-state index contributed by atoms with van der Waals surface area (Å²) in [6.07, 6.45) is 16.9. The number of hydrogen-bond acceptors (Lipinski definition) is 1. The van der Waals surface area contributed by atoms with Crippen LogP contribution in [0.15, 0.2) is 24.3 Å². The van der Waals surface area contributed by atoms with Crippen LogP contribution in [0.1, 0.15) is 11.7 Å². The first-order valence-corrected chi connectivity index (χ1v) is 6.47. The van der Waals surface area contributed by atoms with Gasteiger partial charge in [0.05, 0.1) is 6.10 Å².